The van der Waals surface area contributed by atoms with Crippen LogP contribution in [0.5, 0.6) is 5.75 Å². The molecular weight excluding hydrogens is 222 g/mol. The Morgan fingerprint density at radius 3 is 2.94 bits per heavy atom. The predicted octanol–water partition coefficient (Wildman–Crippen LogP) is 2.64. The van der Waals surface area contributed by atoms with Crippen LogP contribution in [0.3, 0.4) is 0 Å². The van der Waals surface area contributed by atoms with Crippen LogP contribution in [0.4, 0.5) is 0 Å². The first-order valence-electron chi connectivity index (χ1n) is 5.08. The number of aryl methyl sites for hydroxylation is 1. The van der Waals surface area contributed by atoms with Crippen LogP contribution in [0.1, 0.15) is 12.5 Å². The number of rotatable bonds is 2. The summed E-state index contributed by atoms with van der Waals surface area (Å²) in [6.07, 6.45) is 0. The van der Waals surface area contributed by atoms with Gasteiger partial charge >= 0.3 is 0 Å². The van der Waals surface area contributed by atoms with E-state index in [9.17, 15) is 5.11 Å². The summed E-state index contributed by atoms with van der Waals surface area (Å²) in [4.78, 5) is 0. The van der Waals surface area contributed by atoms with E-state index in [0.29, 0.717) is 16.2 Å². The topological polar surface area (TPSA) is 53.8 Å². The summed E-state index contributed by atoms with van der Waals surface area (Å²) in [5.74, 6) is 0.892. The number of phenolic OH excluding ortho intramolecular Hbond substituents is 1. The molecule has 5 heteroatoms. The molecule has 84 valence electrons. The number of nitrogens with one attached hydrogen (secondary N) is 1. The van der Waals surface area contributed by atoms with Gasteiger partial charge in [0, 0.05) is 6.54 Å². The average molecular weight is 235 g/mol. The van der Waals surface area contributed by atoms with Crippen molar-refractivity contribution in [1.29, 1.82) is 0 Å². The Labute approximate surface area is 98.6 Å². The smallest absolute Gasteiger partial charge is 0.195 e. The number of H-pyrrole nitrogens is 1. The molecule has 0 aliphatic heterocycles. The Morgan fingerprint density at radius 2 is 2.25 bits per heavy atom. The van der Waals surface area contributed by atoms with Crippen molar-refractivity contribution in [2.24, 2.45) is 0 Å². The van der Waals surface area contributed by atoms with Gasteiger partial charge in [0.1, 0.15) is 5.75 Å². The summed E-state index contributed by atoms with van der Waals surface area (Å²) >= 11 is 5.11. The zero-order valence-corrected chi connectivity index (χ0v) is 10.0. The lowest BCUT2D eigenvalue weighted by Gasteiger charge is -2.06. The zero-order valence-electron chi connectivity index (χ0n) is 9.19. The first-order valence-corrected chi connectivity index (χ1v) is 5.49. The Morgan fingerprint density at radius 1 is 1.50 bits per heavy atom. The van der Waals surface area contributed by atoms with Crippen molar-refractivity contribution in [2.45, 2.75) is 20.4 Å². The molecule has 4 nitrogen and oxygen atoms in total. The Hall–Kier alpha value is -1.62. The predicted molar refractivity (Wildman–Crippen MR) is 64.9 cm³/mol. The molecule has 0 radical (unpaired) electrons. The summed E-state index contributed by atoms with van der Waals surface area (Å²) in [5.41, 5.74) is 1.78. The third-order valence-corrected chi connectivity index (χ3v) is 2.78. The molecule has 0 bridgehead atoms. The summed E-state index contributed by atoms with van der Waals surface area (Å²) < 4.78 is 2.42. The maximum Gasteiger partial charge on any atom is 0.195 e. The fourth-order valence-electron chi connectivity index (χ4n) is 1.65. The molecule has 0 aliphatic rings. The monoisotopic (exact) mass is 235 g/mol. The van der Waals surface area contributed by atoms with Gasteiger partial charge in [-0.2, -0.15) is 5.10 Å². The molecule has 1 aromatic heterocycles. The van der Waals surface area contributed by atoms with Crippen LogP contribution in [-0.2, 0) is 6.54 Å². The van der Waals surface area contributed by atoms with Gasteiger partial charge in [0.25, 0.3) is 0 Å². The highest BCUT2D eigenvalue weighted by atomic mass is 32.1. The van der Waals surface area contributed by atoms with E-state index in [1.165, 1.54) is 0 Å². The van der Waals surface area contributed by atoms with Gasteiger partial charge in [-0.15, -0.1) is 0 Å². The van der Waals surface area contributed by atoms with Crippen molar-refractivity contribution in [2.75, 3.05) is 0 Å². The molecule has 0 unspecified atom stereocenters. The van der Waals surface area contributed by atoms with Crippen molar-refractivity contribution >= 4 is 12.2 Å². The summed E-state index contributed by atoms with van der Waals surface area (Å²) in [5, 5.41) is 16.7. The second kappa shape index (κ2) is 4.09. The van der Waals surface area contributed by atoms with Gasteiger partial charge in [0.2, 0.25) is 0 Å². The molecular formula is C11H13N3OS. The van der Waals surface area contributed by atoms with Crippen LogP contribution >= 0.6 is 12.2 Å². The van der Waals surface area contributed by atoms with Crippen LogP contribution in [0.25, 0.3) is 11.4 Å². The van der Waals surface area contributed by atoms with Gasteiger partial charge < -0.3 is 9.67 Å². The Bertz CT molecular complexity index is 571. The fourth-order valence-corrected chi connectivity index (χ4v) is 1.91. The normalized spacial score (nSPS) is 10.6. The zero-order chi connectivity index (χ0) is 11.7. The quantitative estimate of drug-likeness (QED) is 0.787. The van der Waals surface area contributed by atoms with Gasteiger partial charge in [-0.05, 0) is 38.2 Å². The number of hydrogen-bond acceptors (Lipinski definition) is 3. The summed E-state index contributed by atoms with van der Waals surface area (Å²) in [6, 6.07) is 5.42. The lowest BCUT2D eigenvalue weighted by molar-refractivity contribution is 0.476. The first-order chi connectivity index (χ1) is 7.63. The third kappa shape index (κ3) is 1.74. The lowest BCUT2D eigenvalue weighted by atomic mass is 10.1. The minimum Gasteiger partial charge on any atom is -0.507 e. The van der Waals surface area contributed by atoms with Crippen LogP contribution in [0.2, 0.25) is 0 Å². The second-order valence-corrected chi connectivity index (χ2v) is 4.00. The van der Waals surface area contributed by atoms with E-state index in [1.54, 1.807) is 6.07 Å². The SMILES string of the molecule is CCn1c(-c2cc(C)ccc2O)n[nH]c1=S. The van der Waals surface area contributed by atoms with Crippen molar-refractivity contribution in [3.05, 3.63) is 28.5 Å². The van der Waals surface area contributed by atoms with Crippen molar-refractivity contribution < 1.29 is 5.11 Å². The average Bonchev–Trinajstić information content (AvgIpc) is 2.63. The van der Waals surface area contributed by atoms with E-state index in [-0.39, 0.29) is 5.75 Å². The molecule has 1 heterocycles. The number of aromatic nitrogens is 3. The molecule has 0 saturated carbocycles. The van der Waals surface area contributed by atoms with E-state index in [0.717, 1.165) is 12.1 Å². The second-order valence-electron chi connectivity index (χ2n) is 3.62. The molecule has 0 atom stereocenters. The molecule has 0 saturated heterocycles. The minimum atomic E-state index is 0.217. The van der Waals surface area contributed by atoms with Gasteiger partial charge in [0.05, 0.1) is 5.56 Å². The lowest BCUT2D eigenvalue weighted by Crippen LogP contribution is -1.98. The standard InChI is InChI=1S/C11H13N3OS/c1-3-14-10(12-13-11(14)16)8-6-7(2)4-5-9(8)15/h4-6,15H,3H2,1-2H3,(H,13,16). The van der Waals surface area contributed by atoms with E-state index < -0.39 is 0 Å². The molecule has 2 rings (SSSR count). The summed E-state index contributed by atoms with van der Waals surface area (Å²) in [7, 11) is 0. The Balaban J connectivity index is 2.67. The first kappa shape index (κ1) is 10.9. The molecule has 16 heavy (non-hydrogen) atoms. The highest BCUT2D eigenvalue weighted by Crippen LogP contribution is 2.28. The van der Waals surface area contributed by atoms with Crippen molar-refractivity contribution in [3.8, 4) is 17.1 Å². The van der Waals surface area contributed by atoms with Crippen LogP contribution < -0.4 is 0 Å². The number of aromatic amines is 1. The maximum absolute atomic E-state index is 9.82. The fraction of sp³-hybridized carbons (Fsp3) is 0.273. The van der Waals surface area contributed by atoms with Crippen molar-refractivity contribution in [3.63, 3.8) is 0 Å². The third-order valence-electron chi connectivity index (χ3n) is 2.47. The van der Waals surface area contributed by atoms with Gasteiger partial charge in [0.15, 0.2) is 10.6 Å². The van der Waals surface area contributed by atoms with Crippen LogP contribution in [-0.4, -0.2) is 19.9 Å². The van der Waals surface area contributed by atoms with Crippen LogP contribution in [0.15, 0.2) is 18.2 Å². The molecule has 1 aromatic carbocycles. The molecule has 2 N–H and O–H groups in total. The maximum atomic E-state index is 9.82. The van der Waals surface area contributed by atoms with Gasteiger partial charge in [-0.1, -0.05) is 11.6 Å². The largest absolute Gasteiger partial charge is 0.507 e. The number of nitrogens with zero attached hydrogens (tertiary/aromatic N) is 2. The van der Waals surface area contributed by atoms with E-state index in [1.807, 2.05) is 30.5 Å². The number of phenols is 1. The molecule has 2 aromatic rings. The highest BCUT2D eigenvalue weighted by molar-refractivity contribution is 7.71. The van der Waals surface area contributed by atoms with E-state index >= 15 is 0 Å². The van der Waals surface area contributed by atoms with Gasteiger partial charge in [-0.25, -0.2) is 0 Å². The Kier molecular flexibility index (Phi) is 2.78. The highest BCUT2D eigenvalue weighted by Gasteiger charge is 2.11. The van der Waals surface area contributed by atoms with E-state index in [4.69, 9.17) is 12.2 Å². The number of hydrogen-bond donors (Lipinski definition) is 2. The number of aromatic hydroxyl groups is 1. The van der Waals surface area contributed by atoms with E-state index in [2.05, 4.69) is 10.2 Å². The van der Waals surface area contributed by atoms with Crippen molar-refractivity contribution in [1.82, 2.24) is 14.8 Å². The van der Waals surface area contributed by atoms with Crippen LogP contribution in [0, 0.1) is 11.7 Å². The molecule has 0 aliphatic carbocycles. The summed E-state index contributed by atoms with van der Waals surface area (Å²) in [6.45, 7) is 4.68. The minimum absolute atomic E-state index is 0.217. The number of benzene rings is 1. The molecule has 0 fully saturated rings. The molecule has 0 spiro atoms. The van der Waals surface area contributed by atoms with Gasteiger partial charge in [-0.3, -0.25) is 5.10 Å². The molecule has 0 amide bonds.